The highest BCUT2D eigenvalue weighted by atomic mass is 32.2. The van der Waals surface area contributed by atoms with Crippen molar-refractivity contribution in [1.29, 1.82) is 0 Å². The summed E-state index contributed by atoms with van der Waals surface area (Å²) in [5, 5.41) is 0. The van der Waals surface area contributed by atoms with E-state index in [0.29, 0.717) is 5.75 Å². The van der Waals surface area contributed by atoms with Crippen LogP contribution in [0.25, 0.3) is 0 Å². The molecule has 14 heavy (non-hydrogen) atoms. The van der Waals surface area contributed by atoms with Crippen LogP contribution in [0.1, 0.15) is 5.69 Å². The molecule has 1 unspecified atom stereocenters. The number of nitrogens with one attached hydrogen (secondary N) is 1. The molecule has 1 N–H and O–H groups in total. The molecule has 0 aliphatic carbocycles. The number of benzene rings is 1. The summed E-state index contributed by atoms with van der Waals surface area (Å²) >= 11 is 0. The van der Waals surface area contributed by atoms with Crippen molar-refractivity contribution in [1.82, 2.24) is 4.98 Å². The van der Waals surface area contributed by atoms with Gasteiger partial charge in [-0.25, -0.2) is 0 Å². The highest BCUT2D eigenvalue weighted by Crippen LogP contribution is 2.10. The van der Waals surface area contributed by atoms with Gasteiger partial charge in [0.05, 0.1) is 16.6 Å². The summed E-state index contributed by atoms with van der Waals surface area (Å²) in [6, 6.07) is 13.4. The Labute approximate surface area is 85.4 Å². The van der Waals surface area contributed by atoms with Crippen molar-refractivity contribution in [2.75, 3.05) is 0 Å². The number of rotatable bonds is 3. The Kier molecular flexibility index (Phi) is 2.79. The van der Waals surface area contributed by atoms with Gasteiger partial charge < -0.3 is 4.98 Å². The first-order valence-electron chi connectivity index (χ1n) is 4.42. The summed E-state index contributed by atoms with van der Waals surface area (Å²) in [7, 11) is -0.944. The third kappa shape index (κ3) is 2.12. The van der Waals surface area contributed by atoms with Crippen LogP contribution in [-0.2, 0) is 16.6 Å². The van der Waals surface area contributed by atoms with E-state index in [4.69, 9.17) is 0 Å². The quantitative estimate of drug-likeness (QED) is 0.819. The zero-order chi connectivity index (χ0) is 9.80. The van der Waals surface area contributed by atoms with E-state index in [-0.39, 0.29) is 0 Å². The van der Waals surface area contributed by atoms with Gasteiger partial charge in [0.15, 0.2) is 0 Å². The maximum atomic E-state index is 11.8. The maximum Gasteiger partial charge on any atom is 0.0683 e. The summed E-state index contributed by atoms with van der Waals surface area (Å²) in [4.78, 5) is 3.92. The smallest absolute Gasteiger partial charge is 0.0683 e. The fourth-order valence-electron chi connectivity index (χ4n) is 1.25. The maximum absolute atomic E-state index is 11.8. The van der Waals surface area contributed by atoms with Crippen LogP contribution in [0.4, 0.5) is 0 Å². The van der Waals surface area contributed by atoms with Gasteiger partial charge >= 0.3 is 0 Å². The Bertz CT molecular complexity index is 408. The van der Waals surface area contributed by atoms with Crippen molar-refractivity contribution in [2.45, 2.75) is 10.6 Å². The Balaban J connectivity index is 2.11. The Morgan fingerprint density at radius 2 is 1.86 bits per heavy atom. The largest absolute Gasteiger partial charge is 0.364 e. The second-order valence-corrected chi connectivity index (χ2v) is 4.45. The van der Waals surface area contributed by atoms with Crippen molar-refractivity contribution >= 4 is 10.8 Å². The van der Waals surface area contributed by atoms with E-state index >= 15 is 0 Å². The molecule has 0 bridgehead atoms. The van der Waals surface area contributed by atoms with Gasteiger partial charge in [-0.3, -0.25) is 4.21 Å². The van der Waals surface area contributed by atoms with E-state index in [1.165, 1.54) is 0 Å². The molecule has 3 heteroatoms. The SMILES string of the molecule is O=S(Cc1ccc[nH]1)c1ccccc1. The third-order valence-corrected chi connectivity index (χ3v) is 3.33. The zero-order valence-electron chi connectivity index (χ0n) is 7.64. The molecule has 1 aromatic carbocycles. The van der Waals surface area contributed by atoms with E-state index < -0.39 is 10.8 Å². The molecule has 0 amide bonds. The highest BCUT2D eigenvalue weighted by molar-refractivity contribution is 7.84. The lowest BCUT2D eigenvalue weighted by atomic mass is 10.4. The molecule has 0 fully saturated rings. The number of hydrogen-bond acceptors (Lipinski definition) is 1. The van der Waals surface area contributed by atoms with Crippen molar-refractivity contribution in [2.24, 2.45) is 0 Å². The molecule has 1 heterocycles. The predicted octanol–water partition coefficient (Wildman–Crippen LogP) is 2.32. The number of hydrogen-bond donors (Lipinski definition) is 1. The molecular formula is C11H11NOS. The third-order valence-electron chi connectivity index (χ3n) is 1.96. The zero-order valence-corrected chi connectivity index (χ0v) is 8.46. The average Bonchev–Trinajstić information content (AvgIpc) is 2.72. The molecule has 2 aromatic rings. The molecule has 0 spiro atoms. The first-order valence-corrected chi connectivity index (χ1v) is 5.74. The van der Waals surface area contributed by atoms with Crippen LogP contribution < -0.4 is 0 Å². The molecular weight excluding hydrogens is 194 g/mol. The molecule has 72 valence electrons. The van der Waals surface area contributed by atoms with Crippen LogP contribution in [0.15, 0.2) is 53.6 Å². The minimum absolute atomic E-state index is 0.553. The van der Waals surface area contributed by atoms with Crippen molar-refractivity contribution in [3.05, 3.63) is 54.4 Å². The molecule has 0 aliphatic rings. The molecule has 1 atom stereocenters. The van der Waals surface area contributed by atoms with Gasteiger partial charge in [-0.1, -0.05) is 18.2 Å². The summed E-state index contributed by atoms with van der Waals surface area (Å²) in [6.45, 7) is 0. The van der Waals surface area contributed by atoms with Gasteiger partial charge in [-0.2, -0.15) is 0 Å². The Morgan fingerprint density at radius 3 is 2.50 bits per heavy atom. The second kappa shape index (κ2) is 4.24. The molecule has 1 aromatic heterocycles. The molecule has 0 radical (unpaired) electrons. The lowest BCUT2D eigenvalue weighted by molar-refractivity contribution is 0.682. The summed E-state index contributed by atoms with van der Waals surface area (Å²) in [6.07, 6.45) is 1.84. The van der Waals surface area contributed by atoms with Crippen LogP contribution in [0.2, 0.25) is 0 Å². The van der Waals surface area contributed by atoms with Gasteiger partial charge in [0.1, 0.15) is 0 Å². The van der Waals surface area contributed by atoms with Gasteiger partial charge in [0.2, 0.25) is 0 Å². The summed E-state index contributed by atoms with van der Waals surface area (Å²) < 4.78 is 11.8. The van der Waals surface area contributed by atoms with Gasteiger partial charge in [0, 0.05) is 16.8 Å². The fourth-order valence-corrected chi connectivity index (χ4v) is 2.34. The van der Waals surface area contributed by atoms with E-state index in [1.54, 1.807) is 0 Å². The lowest BCUT2D eigenvalue weighted by Gasteiger charge is -1.99. The van der Waals surface area contributed by atoms with E-state index in [2.05, 4.69) is 4.98 Å². The van der Waals surface area contributed by atoms with Gasteiger partial charge in [-0.05, 0) is 24.3 Å². The second-order valence-electron chi connectivity index (χ2n) is 3.00. The highest BCUT2D eigenvalue weighted by Gasteiger charge is 2.03. The van der Waals surface area contributed by atoms with Crippen LogP contribution in [0.5, 0.6) is 0 Å². The number of aromatic amines is 1. The normalized spacial score (nSPS) is 12.6. The standard InChI is InChI=1S/C11H11NOS/c13-14(9-10-5-4-8-12-10)11-6-2-1-3-7-11/h1-8,12H,9H2. The predicted molar refractivity (Wildman–Crippen MR) is 57.3 cm³/mol. The van der Waals surface area contributed by atoms with E-state index in [9.17, 15) is 4.21 Å². The summed E-state index contributed by atoms with van der Waals surface area (Å²) in [5.74, 6) is 0.553. The minimum atomic E-state index is -0.944. The van der Waals surface area contributed by atoms with Crippen LogP contribution in [0.3, 0.4) is 0 Å². The molecule has 0 saturated heterocycles. The molecule has 0 saturated carbocycles. The topological polar surface area (TPSA) is 32.9 Å². The summed E-state index contributed by atoms with van der Waals surface area (Å²) in [5.41, 5.74) is 1.01. The minimum Gasteiger partial charge on any atom is -0.364 e. The van der Waals surface area contributed by atoms with E-state index in [1.807, 2.05) is 48.7 Å². The molecule has 2 nitrogen and oxygen atoms in total. The van der Waals surface area contributed by atoms with E-state index in [0.717, 1.165) is 10.6 Å². The van der Waals surface area contributed by atoms with Crippen molar-refractivity contribution in [3.8, 4) is 0 Å². The Morgan fingerprint density at radius 1 is 1.07 bits per heavy atom. The van der Waals surface area contributed by atoms with Crippen LogP contribution in [-0.4, -0.2) is 9.19 Å². The monoisotopic (exact) mass is 205 g/mol. The molecule has 0 aliphatic heterocycles. The lowest BCUT2D eigenvalue weighted by Crippen LogP contribution is -1.95. The fraction of sp³-hybridized carbons (Fsp3) is 0.0909. The van der Waals surface area contributed by atoms with Crippen molar-refractivity contribution < 1.29 is 4.21 Å². The molecule has 2 rings (SSSR count). The number of H-pyrrole nitrogens is 1. The first kappa shape index (κ1) is 9.21. The van der Waals surface area contributed by atoms with Crippen LogP contribution >= 0.6 is 0 Å². The average molecular weight is 205 g/mol. The van der Waals surface area contributed by atoms with Gasteiger partial charge in [-0.15, -0.1) is 0 Å². The first-order chi connectivity index (χ1) is 6.86. The van der Waals surface area contributed by atoms with Crippen molar-refractivity contribution in [3.63, 3.8) is 0 Å². The van der Waals surface area contributed by atoms with Crippen LogP contribution in [0, 0.1) is 0 Å². The number of aromatic nitrogens is 1. The van der Waals surface area contributed by atoms with Gasteiger partial charge in [0.25, 0.3) is 0 Å². The Hall–Kier alpha value is -1.35.